The number of hydrogen-bond acceptors (Lipinski definition) is 3. The summed E-state index contributed by atoms with van der Waals surface area (Å²) in [5.41, 5.74) is -0.418. The molecule has 2 fully saturated rings. The van der Waals surface area contributed by atoms with Crippen molar-refractivity contribution in [3.8, 4) is 0 Å². The normalized spacial score (nSPS) is 27.6. The van der Waals surface area contributed by atoms with Crippen molar-refractivity contribution in [1.29, 1.82) is 0 Å². The molecule has 2 aliphatic carbocycles. The molecule has 2 atom stereocenters. The molecule has 21 heavy (non-hydrogen) atoms. The van der Waals surface area contributed by atoms with Crippen molar-refractivity contribution in [2.24, 2.45) is 5.92 Å². The molecular weight excluding hydrogens is 264 g/mol. The van der Waals surface area contributed by atoms with Crippen molar-refractivity contribution in [3.63, 3.8) is 0 Å². The topological polar surface area (TPSA) is 50.4 Å². The molecule has 1 amide bonds. The van der Waals surface area contributed by atoms with E-state index in [-0.39, 0.29) is 12.1 Å². The van der Waals surface area contributed by atoms with Gasteiger partial charge in [0.15, 0.2) is 0 Å². The van der Waals surface area contributed by atoms with Gasteiger partial charge < -0.3 is 15.4 Å². The molecule has 2 aliphatic rings. The lowest BCUT2D eigenvalue weighted by Crippen LogP contribution is -2.46. The lowest BCUT2D eigenvalue weighted by molar-refractivity contribution is 0.0488. The summed E-state index contributed by atoms with van der Waals surface area (Å²) >= 11 is 0. The smallest absolute Gasteiger partial charge is 0.407 e. The first-order valence-corrected chi connectivity index (χ1v) is 8.65. The Bertz CT molecular complexity index is 332. The lowest BCUT2D eigenvalue weighted by Gasteiger charge is -2.31. The van der Waals surface area contributed by atoms with Crippen molar-refractivity contribution in [2.75, 3.05) is 6.54 Å². The van der Waals surface area contributed by atoms with Gasteiger partial charge in [-0.1, -0.05) is 12.8 Å². The average Bonchev–Trinajstić information content (AvgIpc) is 2.87. The lowest BCUT2D eigenvalue weighted by atomic mass is 9.90. The summed E-state index contributed by atoms with van der Waals surface area (Å²) in [6.45, 7) is 6.86. The fraction of sp³-hybridized carbons (Fsp3) is 0.941. The molecule has 0 aromatic heterocycles. The van der Waals surface area contributed by atoms with Crippen molar-refractivity contribution < 1.29 is 9.53 Å². The van der Waals surface area contributed by atoms with Crippen molar-refractivity contribution in [3.05, 3.63) is 0 Å². The molecule has 122 valence electrons. The van der Waals surface area contributed by atoms with Gasteiger partial charge in [-0.15, -0.1) is 0 Å². The van der Waals surface area contributed by atoms with Gasteiger partial charge in [0.05, 0.1) is 0 Å². The number of hydrogen-bond donors (Lipinski definition) is 2. The van der Waals surface area contributed by atoms with E-state index in [1.54, 1.807) is 0 Å². The zero-order valence-corrected chi connectivity index (χ0v) is 13.9. The van der Waals surface area contributed by atoms with E-state index in [0.717, 1.165) is 25.3 Å². The van der Waals surface area contributed by atoms with E-state index in [1.165, 1.54) is 38.5 Å². The Hall–Kier alpha value is -0.770. The zero-order chi connectivity index (χ0) is 15.3. The molecule has 0 aromatic carbocycles. The minimum atomic E-state index is -0.418. The molecule has 4 nitrogen and oxygen atoms in total. The van der Waals surface area contributed by atoms with Crippen molar-refractivity contribution >= 4 is 6.09 Å². The molecule has 2 rings (SSSR count). The van der Waals surface area contributed by atoms with Crippen LogP contribution in [0.15, 0.2) is 0 Å². The summed E-state index contributed by atoms with van der Waals surface area (Å²) in [7, 11) is 0. The highest BCUT2D eigenvalue weighted by molar-refractivity contribution is 5.68. The molecule has 0 spiro atoms. The molecular formula is C17H32N2O2. The molecule has 2 unspecified atom stereocenters. The highest BCUT2D eigenvalue weighted by Crippen LogP contribution is 2.25. The largest absolute Gasteiger partial charge is 0.444 e. The number of ether oxygens (including phenoxy) is 1. The fourth-order valence-corrected chi connectivity index (χ4v) is 3.53. The summed E-state index contributed by atoms with van der Waals surface area (Å²) in [4.78, 5) is 11.8. The highest BCUT2D eigenvalue weighted by Gasteiger charge is 2.26. The standard InChI is InChI=1S/C17H32N2O2/c1-17(2,3)21-16(20)19-15-10-6-9-14(11-15)18-12-13-7-4-5-8-13/h13-15,18H,4-12H2,1-3H3,(H,19,20). The second kappa shape index (κ2) is 7.48. The number of carbonyl (C=O) groups is 1. The first-order valence-electron chi connectivity index (χ1n) is 8.65. The number of alkyl carbamates (subject to hydrolysis) is 1. The Labute approximate surface area is 129 Å². The fourth-order valence-electron chi connectivity index (χ4n) is 3.53. The first kappa shape index (κ1) is 16.6. The third kappa shape index (κ3) is 6.25. The van der Waals surface area contributed by atoms with Crippen LogP contribution in [0.2, 0.25) is 0 Å². The number of carbonyl (C=O) groups excluding carboxylic acids is 1. The monoisotopic (exact) mass is 296 g/mol. The third-order valence-corrected chi connectivity index (χ3v) is 4.57. The van der Waals surface area contributed by atoms with E-state index >= 15 is 0 Å². The predicted octanol–water partition coefficient (Wildman–Crippen LogP) is 3.60. The van der Waals surface area contributed by atoms with Crippen LogP contribution in [0.1, 0.15) is 72.1 Å². The van der Waals surface area contributed by atoms with Gasteiger partial charge in [-0.3, -0.25) is 0 Å². The van der Waals surface area contributed by atoms with E-state index in [4.69, 9.17) is 4.74 Å². The van der Waals surface area contributed by atoms with Crippen LogP contribution in [0, 0.1) is 5.92 Å². The van der Waals surface area contributed by atoms with Crippen LogP contribution in [-0.4, -0.2) is 30.3 Å². The van der Waals surface area contributed by atoms with E-state index in [2.05, 4.69) is 10.6 Å². The van der Waals surface area contributed by atoms with Gasteiger partial charge in [0, 0.05) is 12.1 Å². The number of nitrogens with one attached hydrogen (secondary N) is 2. The zero-order valence-electron chi connectivity index (χ0n) is 13.9. The summed E-state index contributed by atoms with van der Waals surface area (Å²) < 4.78 is 5.35. The van der Waals surface area contributed by atoms with E-state index in [1.807, 2.05) is 20.8 Å². The van der Waals surface area contributed by atoms with Crippen LogP contribution in [0.4, 0.5) is 4.79 Å². The number of rotatable bonds is 4. The predicted molar refractivity (Wildman–Crippen MR) is 85.4 cm³/mol. The van der Waals surface area contributed by atoms with Gasteiger partial charge in [0.1, 0.15) is 5.60 Å². The Balaban J connectivity index is 1.68. The molecule has 0 aliphatic heterocycles. The minimum absolute atomic E-state index is 0.259. The van der Waals surface area contributed by atoms with Gasteiger partial charge in [0.2, 0.25) is 0 Å². The Kier molecular flexibility index (Phi) is 5.91. The van der Waals surface area contributed by atoms with Gasteiger partial charge in [-0.2, -0.15) is 0 Å². The quantitative estimate of drug-likeness (QED) is 0.833. The van der Waals surface area contributed by atoms with Gasteiger partial charge in [-0.25, -0.2) is 4.79 Å². The summed E-state index contributed by atoms with van der Waals surface area (Å²) in [5, 5.41) is 6.76. The van der Waals surface area contributed by atoms with Crippen molar-refractivity contribution in [1.82, 2.24) is 10.6 Å². The van der Waals surface area contributed by atoms with Crippen LogP contribution < -0.4 is 10.6 Å². The third-order valence-electron chi connectivity index (χ3n) is 4.57. The average molecular weight is 296 g/mol. The maximum Gasteiger partial charge on any atom is 0.407 e. The molecule has 2 N–H and O–H groups in total. The molecule has 4 heteroatoms. The summed E-state index contributed by atoms with van der Waals surface area (Å²) in [5.74, 6) is 0.879. The molecule has 0 saturated heterocycles. The van der Waals surface area contributed by atoms with Crippen LogP contribution in [0.5, 0.6) is 0 Å². The molecule has 0 radical (unpaired) electrons. The Morgan fingerprint density at radius 2 is 1.71 bits per heavy atom. The van der Waals surface area contributed by atoms with Crippen molar-refractivity contribution in [2.45, 2.75) is 89.8 Å². The summed E-state index contributed by atoms with van der Waals surface area (Å²) in [6, 6.07) is 0.814. The highest BCUT2D eigenvalue weighted by atomic mass is 16.6. The first-order chi connectivity index (χ1) is 9.92. The maximum atomic E-state index is 11.8. The van der Waals surface area contributed by atoms with E-state index in [0.29, 0.717) is 6.04 Å². The maximum absolute atomic E-state index is 11.8. The molecule has 0 heterocycles. The van der Waals surface area contributed by atoms with Crippen LogP contribution >= 0.6 is 0 Å². The Morgan fingerprint density at radius 3 is 2.38 bits per heavy atom. The molecule has 2 saturated carbocycles. The van der Waals surface area contributed by atoms with E-state index < -0.39 is 5.60 Å². The second-order valence-electron chi connectivity index (χ2n) is 7.77. The molecule has 0 bridgehead atoms. The second-order valence-corrected chi connectivity index (χ2v) is 7.77. The number of amides is 1. The SMILES string of the molecule is CC(C)(C)OC(=O)NC1CCCC(NCC2CCCC2)C1. The van der Waals surface area contributed by atoms with E-state index in [9.17, 15) is 4.79 Å². The van der Waals surface area contributed by atoms with Gasteiger partial charge in [0.25, 0.3) is 0 Å². The summed E-state index contributed by atoms with van der Waals surface area (Å²) in [6.07, 6.45) is 9.83. The van der Waals surface area contributed by atoms with Gasteiger partial charge >= 0.3 is 6.09 Å². The van der Waals surface area contributed by atoms with Gasteiger partial charge in [-0.05, 0) is 71.8 Å². The minimum Gasteiger partial charge on any atom is -0.444 e. The molecule has 0 aromatic rings. The Morgan fingerprint density at radius 1 is 1.05 bits per heavy atom. The van der Waals surface area contributed by atoms with Crippen LogP contribution in [0.3, 0.4) is 0 Å². The van der Waals surface area contributed by atoms with Crippen LogP contribution in [0.25, 0.3) is 0 Å². The van der Waals surface area contributed by atoms with Crippen LogP contribution in [-0.2, 0) is 4.74 Å².